The maximum Gasteiger partial charge on any atom is 0.0151 e. The molecular weight excluding hydrogens is 376 g/mol. The van der Waals surface area contributed by atoms with E-state index in [0.717, 1.165) is 0 Å². The summed E-state index contributed by atoms with van der Waals surface area (Å²) in [7, 11) is 0. The summed E-state index contributed by atoms with van der Waals surface area (Å²) in [5.74, 6) is 2.40. The van der Waals surface area contributed by atoms with Gasteiger partial charge in [-0.1, -0.05) is 75.2 Å². The van der Waals surface area contributed by atoms with Crippen molar-refractivity contribution >= 4 is 55.8 Å². The van der Waals surface area contributed by atoms with E-state index in [9.17, 15) is 0 Å². The number of rotatable bonds is 8. The first-order chi connectivity index (χ1) is 13.8. The molecule has 4 aromatic rings. The van der Waals surface area contributed by atoms with Crippen LogP contribution in [0.4, 0.5) is 0 Å². The topological polar surface area (TPSA) is 0 Å². The molecule has 0 aliphatic rings. The number of thioether (sulfide) groups is 2. The van der Waals surface area contributed by atoms with Crippen molar-refractivity contribution in [3.63, 3.8) is 0 Å². The monoisotopic (exact) mass is 404 g/mol. The van der Waals surface area contributed by atoms with Crippen LogP contribution in [0.3, 0.4) is 0 Å². The van der Waals surface area contributed by atoms with Crippen molar-refractivity contribution in [2.24, 2.45) is 0 Å². The summed E-state index contributed by atoms with van der Waals surface area (Å²) >= 11 is 3.99. The van der Waals surface area contributed by atoms with Crippen LogP contribution in [0.5, 0.6) is 0 Å². The third-order valence-corrected chi connectivity index (χ3v) is 7.67. The molecule has 144 valence electrons. The predicted octanol–water partition coefficient (Wildman–Crippen LogP) is 8.93. The summed E-state index contributed by atoms with van der Waals surface area (Å²) in [4.78, 5) is 2.83. The standard InChI is InChI=1S/C26H28S2/c1-3-5-17-27-25-11-7-9-19-21-14-16-24-20(22(21)13-15-23(19)25)10-8-12-26(24)28-18-6-4-2/h7-16H,3-6,17-18H2,1-2H3. The van der Waals surface area contributed by atoms with Gasteiger partial charge in [-0.05, 0) is 68.8 Å². The molecule has 0 radical (unpaired) electrons. The van der Waals surface area contributed by atoms with E-state index in [1.54, 1.807) is 0 Å². The SMILES string of the molecule is CCCCSc1cccc2c1ccc1c3cccc(SCCCC)c3ccc21. The number of benzene rings is 4. The van der Waals surface area contributed by atoms with E-state index in [1.165, 1.54) is 79.3 Å². The Morgan fingerprint density at radius 1 is 0.500 bits per heavy atom. The van der Waals surface area contributed by atoms with Gasteiger partial charge in [-0.25, -0.2) is 0 Å². The summed E-state index contributed by atoms with van der Waals surface area (Å²) in [5.41, 5.74) is 0. The van der Waals surface area contributed by atoms with Crippen LogP contribution in [0.2, 0.25) is 0 Å². The molecule has 2 heteroatoms. The third kappa shape index (κ3) is 3.90. The van der Waals surface area contributed by atoms with Gasteiger partial charge in [-0.2, -0.15) is 0 Å². The van der Waals surface area contributed by atoms with Crippen molar-refractivity contribution in [3.8, 4) is 0 Å². The third-order valence-electron chi connectivity index (χ3n) is 5.35. The molecule has 0 bridgehead atoms. The van der Waals surface area contributed by atoms with E-state index in [1.807, 2.05) is 23.5 Å². The quantitative estimate of drug-likeness (QED) is 0.163. The molecule has 0 atom stereocenters. The minimum atomic E-state index is 1.20. The summed E-state index contributed by atoms with van der Waals surface area (Å²) in [6.45, 7) is 4.52. The van der Waals surface area contributed by atoms with Crippen LogP contribution in [-0.4, -0.2) is 11.5 Å². The van der Waals surface area contributed by atoms with Gasteiger partial charge in [0.15, 0.2) is 0 Å². The van der Waals surface area contributed by atoms with Crippen LogP contribution in [0.25, 0.3) is 32.3 Å². The molecule has 4 aromatic carbocycles. The zero-order chi connectivity index (χ0) is 19.3. The highest BCUT2D eigenvalue weighted by atomic mass is 32.2. The van der Waals surface area contributed by atoms with Crippen LogP contribution >= 0.6 is 23.5 Å². The van der Waals surface area contributed by atoms with Crippen molar-refractivity contribution in [1.29, 1.82) is 0 Å². The Morgan fingerprint density at radius 3 is 1.32 bits per heavy atom. The zero-order valence-electron chi connectivity index (χ0n) is 16.8. The lowest BCUT2D eigenvalue weighted by molar-refractivity contribution is 0.896. The van der Waals surface area contributed by atoms with Crippen molar-refractivity contribution in [3.05, 3.63) is 60.7 Å². The molecular formula is C26H28S2. The highest BCUT2D eigenvalue weighted by molar-refractivity contribution is 7.99. The molecule has 0 fully saturated rings. The maximum atomic E-state index is 2.34. The van der Waals surface area contributed by atoms with E-state index < -0.39 is 0 Å². The van der Waals surface area contributed by atoms with Crippen molar-refractivity contribution in [1.82, 2.24) is 0 Å². The van der Waals surface area contributed by atoms with E-state index >= 15 is 0 Å². The van der Waals surface area contributed by atoms with Gasteiger partial charge < -0.3 is 0 Å². The highest BCUT2D eigenvalue weighted by Gasteiger charge is 2.09. The number of hydrogen-bond acceptors (Lipinski definition) is 2. The zero-order valence-corrected chi connectivity index (χ0v) is 18.5. The molecule has 0 aliphatic heterocycles. The Labute approximate surface area is 177 Å². The second kappa shape index (κ2) is 9.24. The first kappa shape index (κ1) is 19.7. The number of unbranched alkanes of at least 4 members (excludes halogenated alkanes) is 2. The first-order valence-electron chi connectivity index (χ1n) is 10.5. The van der Waals surface area contributed by atoms with Crippen molar-refractivity contribution in [2.45, 2.75) is 49.3 Å². The van der Waals surface area contributed by atoms with E-state index in [0.29, 0.717) is 0 Å². The molecule has 0 unspecified atom stereocenters. The Bertz CT molecular complexity index is 1010. The minimum Gasteiger partial charge on any atom is -0.126 e. The lowest BCUT2D eigenvalue weighted by atomic mass is 9.97. The smallest absolute Gasteiger partial charge is 0.0151 e. The number of fused-ring (bicyclic) bond motifs is 5. The summed E-state index contributed by atoms with van der Waals surface area (Å²) in [6.07, 6.45) is 5.06. The highest BCUT2D eigenvalue weighted by Crippen LogP contribution is 2.38. The van der Waals surface area contributed by atoms with Gasteiger partial charge >= 0.3 is 0 Å². The summed E-state index contributed by atoms with van der Waals surface area (Å²) in [6, 6.07) is 22.9. The molecule has 0 amide bonds. The fourth-order valence-corrected chi connectivity index (χ4v) is 6.11. The molecule has 0 spiro atoms. The van der Waals surface area contributed by atoms with Gasteiger partial charge in [0, 0.05) is 9.79 Å². The average molecular weight is 405 g/mol. The molecule has 0 heterocycles. The van der Waals surface area contributed by atoms with Gasteiger partial charge in [-0.15, -0.1) is 23.5 Å². The van der Waals surface area contributed by atoms with Crippen LogP contribution in [0.1, 0.15) is 39.5 Å². The second-order valence-corrected chi connectivity index (χ2v) is 9.61. The maximum absolute atomic E-state index is 2.34. The van der Waals surface area contributed by atoms with Gasteiger partial charge in [0.1, 0.15) is 0 Å². The van der Waals surface area contributed by atoms with E-state index in [-0.39, 0.29) is 0 Å². The molecule has 0 N–H and O–H groups in total. The van der Waals surface area contributed by atoms with E-state index in [4.69, 9.17) is 0 Å². The largest absolute Gasteiger partial charge is 0.126 e. The number of hydrogen-bond donors (Lipinski definition) is 0. The van der Waals surface area contributed by atoms with Crippen LogP contribution in [0, 0.1) is 0 Å². The molecule has 28 heavy (non-hydrogen) atoms. The van der Waals surface area contributed by atoms with Gasteiger partial charge in [0.05, 0.1) is 0 Å². The fraction of sp³-hybridized carbons (Fsp3) is 0.308. The molecule has 0 nitrogen and oxygen atoms in total. The lowest BCUT2D eigenvalue weighted by Gasteiger charge is -2.12. The van der Waals surface area contributed by atoms with Crippen molar-refractivity contribution in [2.75, 3.05) is 11.5 Å². The van der Waals surface area contributed by atoms with Crippen molar-refractivity contribution < 1.29 is 0 Å². The predicted molar refractivity (Wildman–Crippen MR) is 130 cm³/mol. The van der Waals surface area contributed by atoms with Gasteiger partial charge in [0.2, 0.25) is 0 Å². The van der Waals surface area contributed by atoms with Gasteiger partial charge in [-0.3, -0.25) is 0 Å². The van der Waals surface area contributed by atoms with E-state index in [2.05, 4.69) is 74.5 Å². The summed E-state index contributed by atoms with van der Waals surface area (Å²) < 4.78 is 0. The molecule has 0 saturated carbocycles. The normalized spacial score (nSPS) is 11.6. The average Bonchev–Trinajstić information content (AvgIpc) is 2.74. The molecule has 0 aliphatic carbocycles. The fourth-order valence-electron chi connectivity index (χ4n) is 3.79. The molecule has 0 aromatic heterocycles. The molecule has 0 saturated heterocycles. The Hall–Kier alpha value is -1.64. The second-order valence-electron chi connectivity index (χ2n) is 7.33. The van der Waals surface area contributed by atoms with Gasteiger partial charge in [0.25, 0.3) is 0 Å². The molecule has 4 rings (SSSR count). The summed E-state index contributed by atoms with van der Waals surface area (Å²) in [5, 5.41) is 8.29. The van der Waals surface area contributed by atoms with Crippen LogP contribution in [-0.2, 0) is 0 Å². The lowest BCUT2D eigenvalue weighted by Crippen LogP contribution is -1.86. The van der Waals surface area contributed by atoms with Crippen LogP contribution < -0.4 is 0 Å². The van der Waals surface area contributed by atoms with Crippen LogP contribution in [0.15, 0.2) is 70.5 Å². The minimum absolute atomic E-state index is 1.20. The Kier molecular flexibility index (Phi) is 6.49. The first-order valence-corrected chi connectivity index (χ1v) is 12.4. The Morgan fingerprint density at radius 2 is 0.893 bits per heavy atom. The Balaban J connectivity index is 1.82.